The van der Waals surface area contributed by atoms with Crippen molar-refractivity contribution in [2.45, 2.75) is 33.7 Å². The standard InChI is InChI=1S/C16H20N2O3/c1-10(2)13(16(3,4)15(20)21)18-14(19)12-7-5-11(9-17)6-8-12/h5-8,10,13H,1-4H3,(H,18,19)(H,20,21)/t13-/m1/s1. The van der Waals surface area contributed by atoms with Crippen LogP contribution in [-0.2, 0) is 4.79 Å². The van der Waals surface area contributed by atoms with Gasteiger partial charge in [-0.1, -0.05) is 13.8 Å². The first kappa shape index (κ1) is 16.7. The number of carboxylic acids is 1. The highest BCUT2D eigenvalue weighted by molar-refractivity contribution is 5.95. The van der Waals surface area contributed by atoms with Crippen LogP contribution < -0.4 is 5.32 Å². The molecule has 21 heavy (non-hydrogen) atoms. The molecule has 1 amide bonds. The highest BCUT2D eigenvalue weighted by Crippen LogP contribution is 2.26. The topological polar surface area (TPSA) is 90.2 Å². The van der Waals surface area contributed by atoms with Gasteiger partial charge in [0.25, 0.3) is 5.91 Å². The molecule has 112 valence electrons. The van der Waals surface area contributed by atoms with Gasteiger partial charge in [0.2, 0.25) is 0 Å². The summed E-state index contributed by atoms with van der Waals surface area (Å²) in [5.74, 6) is -1.33. The Labute approximate surface area is 124 Å². The molecule has 5 nitrogen and oxygen atoms in total. The molecule has 0 bridgehead atoms. The molecule has 1 aromatic rings. The maximum atomic E-state index is 12.2. The number of aliphatic carboxylic acids is 1. The number of hydrogen-bond donors (Lipinski definition) is 2. The lowest BCUT2D eigenvalue weighted by Crippen LogP contribution is -2.51. The van der Waals surface area contributed by atoms with E-state index in [1.54, 1.807) is 38.1 Å². The van der Waals surface area contributed by atoms with Gasteiger partial charge in [-0.05, 0) is 44.0 Å². The van der Waals surface area contributed by atoms with E-state index in [1.165, 1.54) is 0 Å². The van der Waals surface area contributed by atoms with Crippen molar-refractivity contribution in [3.63, 3.8) is 0 Å². The van der Waals surface area contributed by atoms with Crippen LogP contribution in [0.2, 0.25) is 0 Å². The van der Waals surface area contributed by atoms with Crippen LogP contribution in [0.5, 0.6) is 0 Å². The molecule has 0 spiro atoms. The van der Waals surface area contributed by atoms with Crippen molar-refractivity contribution in [2.75, 3.05) is 0 Å². The Morgan fingerprint density at radius 2 is 1.76 bits per heavy atom. The Kier molecular flexibility index (Phi) is 5.09. The van der Waals surface area contributed by atoms with E-state index in [4.69, 9.17) is 5.26 Å². The minimum absolute atomic E-state index is 0.0292. The Bertz CT molecular complexity index is 568. The lowest BCUT2D eigenvalue weighted by molar-refractivity contribution is -0.149. The zero-order valence-corrected chi connectivity index (χ0v) is 12.7. The average molecular weight is 288 g/mol. The zero-order chi connectivity index (χ0) is 16.2. The Morgan fingerprint density at radius 3 is 2.14 bits per heavy atom. The number of nitrogens with zero attached hydrogens (tertiary/aromatic N) is 1. The number of carbonyl (C=O) groups excluding carboxylic acids is 1. The predicted octanol–water partition coefficient (Wildman–Crippen LogP) is 2.42. The largest absolute Gasteiger partial charge is 0.481 e. The van der Waals surface area contributed by atoms with Crippen molar-refractivity contribution in [1.29, 1.82) is 5.26 Å². The van der Waals surface area contributed by atoms with Crippen LogP contribution in [0, 0.1) is 22.7 Å². The highest BCUT2D eigenvalue weighted by Gasteiger charge is 2.39. The summed E-state index contributed by atoms with van der Waals surface area (Å²) >= 11 is 0. The molecule has 2 N–H and O–H groups in total. The third-order valence-electron chi connectivity index (χ3n) is 3.56. The van der Waals surface area contributed by atoms with Crippen LogP contribution in [0.3, 0.4) is 0 Å². The molecule has 1 rings (SSSR count). The van der Waals surface area contributed by atoms with E-state index in [1.807, 2.05) is 19.9 Å². The van der Waals surface area contributed by atoms with Crippen molar-refractivity contribution < 1.29 is 14.7 Å². The molecule has 0 heterocycles. The van der Waals surface area contributed by atoms with Gasteiger partial charge in [-0.15, -0.1) is 0 Å². The Morgan fingerprint density at radius 1 is 1.24 bits per heavy atom. The number of nitriles is 1. The third kappa shape index (κ3) is 3.82. The number of carbonyl (C=O) groups is 2. The van der Waals surface area contributed by atoms with E-state index in [-0.39, 0.29) is 11.8 Å². The minimum atomic E-state index is -1.07. The third-order valence-corrected chi connectivity index (χ3v) is 3.56. The summed E-state index contributed by atoms with van der Waals surface area (Å²) in [7, 11) is 0. The van der Waals surface area contributed by atoms with Gasteiger partial charge in [-0.2, -0.15) is 5.26 Å². The van der Waals surface area contributed by atoms with Crippen molar-refractivity contribution in [1.82, 2.24) is 5.32 Å². The lowest BCUT2D eigenvalue weighted by atomic mass is 9.78. The normalized spacial score (nSPS) is 12.6. The van der Waals surface area contributed by atoms with Gasteiger partial charge in [0.1, 0.15) is 0 Å². The summed E-state index contributed by atoms with van der Waals surface area (Å²) in [6, 6.07) is 7.70. The van der Waals surface area contributed by atoms with Gasteiger partial charge in [-0.3, -0.25) is 9.59 Å². The SMILES string of the molecule is CC(C)[C@@H](NC(=O)c1ccc(C#N)cc1)C(C)(C)C(=O)O. The monoisotopic (exact) mass is 288 g/mol. The molecule has 0 saturated carbocycles. The highest BCUT2D eigenvalue weighted by atomic mass is 16.4. The van der Waals surface area contributed by atoms with Gasteiger partial charge in [-0.25, -0.2) is 0 Å². The molecule has 0 aliphatic carbocycles. The summed E-state index contributed by atoms with van der Waals surface area (Å²) in [5.41, 5.74) is -0.199. The van der Waals surface area contributed by atoms with E-state index in [9.17, 15) is 14.7 Å². The molecular formula is C16H20N2O3. The van der Waals surface area contributed by atoms with Crippen LogP contribution >= 0.6 is 0 Å². The van der Waals surface area contributed by atoms with Crippen molar-refractivity contribution in [3.05, 3.63) is 35.4 Å². The maximum Gasteiger partial charge on any atom is 0.311 e. The zero-order valence-electron chi connectivity index (χ0n) is 12.7. The van der Waals surface area contributed by atoms with Crippen molar-refractivity contribution in [2.24, 2.45) is 11.3 Å². The second-order valence-corrected chi connectivity index (χ2v) is 5.91. The van der Waals surface area contributed by atoms with Gasteiger partial charge >= 0.3 is 5.97 Å². The van der Waals surface area contributed by atoms with E-state index >= 15 is 0 Å². The molecule has 0 aliphatic heterocycles. The van der Waals surface area contributed by atoms with Crippen LogP contribution in [0.1, 0.15) is 43.6 Å². The fourth-order valence-electron chi connectivity index (χ4n) is 2.23. The molecule has 0 radical (unpaired) electrons. The number of nitrogens with one attached hydrogen (secondary N) is 1. The maximum absolute atomic E-state index is 12.2. The number of amides is 1. The van der Waals surface area contributed by atoms with E-state index in [0.717, 1.165) is 0 Å². The average Bonchev–Trinajstić information content (AvgIpc) is 2.43. The molecule has 0 saturated heterocycles. The quantitative estimate of drug-likeness (QED) is 0.870. The fraction of sp³-hybridized carbons (Fsp3) is 0.438. The second kappa shape index (κ2) is 6.40. The Balaban J connectivity index is 2.96. The first-order valence-corrected chi connectivity index (χ1v) is 6.74. The summed E-state index contributed by atoms with van der Waals surface area (Å²) in [6.07, 6.45) is 0. The van der Waals surface area contributed by atoms with Gasteiger partial charge in [0.15, 0.2) is 0 Å². The number of carboxylic acid groups (broad SMARTS) is 1. The van der Waals surface area contributed by atoms with Crippen LogP contribution in [-0.4, -0.2) is 23.0 Å². The Hall–Kier alpha value is -2.35. The predicted molar refractivity (Wildman–Crippen MR) is 78.7 cm³/mol. The molecule has 5 heteroatoms. The summed E-state index contributed by atoms with van der Waals surface area (Å²) in [4.78, 5) is 23.6. The van der Waals surface area contributed by atoms with Crippen LogP contribution in [0.15, 0.2) is 24.3 Å². The number of hydrogen-bond acceptors (Lipinski definition) is 3. The van der Waals surface area contributed by atoms with Gasteiger partial charge in [0.05, 0.1) is 17.0 Å². The van der Waals surface area contributed by atoms with Crippen molar-refractivity contribution in [3.8, 4) is 6.07 Å². The van der Waals surface area contributed by atoms with Crippen LogP contribution in [0.4, 0.5) is 0 Å². The van der Waals surface area contributed by atoms with Crippen molar-refractivity contribution >= 4 is 11.9 Å². The summed E-state index contributed by atoms with van der Waals surface area (Å²) in [6.45, 7) is 6.93. The number of rotatable bonds is 5. The molecule has 0 fully saturated rings. The molecule has 0 aliphatic rings. The molecule has 1 aromatic carbocycles. The number of benzene rings is 1. The first-order valence-electron chi connectivity index (χ1n) is 6.74. The lowest BCUT2D eigenvalue weighted by Gasteiger charge is -2.34. The first-order chi connectivity index (χ1) is 9.70. The molecule has 1 atom stereocenters. The summed E-state index contributed by atoms with van der Waals surface area (Å²) in [5, 5.41) is 20.9. The molecule has 0 aromatic heterocycles. The van der Waals surface area contributed by atoms with E-state index < -0.39 is 17.4 Å². The second-order valence-electron chi connectivity index (χ2n) is 5.91. The molecular weight excluding hydrogens is 268 g/mol. The smallest absolute Gasteiger partial charge is 0.311 e. The molecule has 0 unspecified atom stereocenters. The summed E-state index contributed by atoms with van der Waals surface area (Å²) < 4.78 is 0. The fourth-order valence-corrected chi connectivity index (χ4v) is 2.23. The minimum Gasteiger partial charge on any atom is -0.481 e. The van der Waals surface area contributed by atoms with Gasteiger partial charge in [0, 0.05) is 11.6 Å². The van der Waals surface area contributed by atoms with E-state index in [2.05, 4.69) is 5.32 Å². The van der Waals surface area contributed by atoms with E-state index in [0.29, 0.717) is 11.1 Å². The van der Waals surface area contributed by atoms with Crippen LogP contribution in [0.25, 0.3) is 0 Å². The van der Waals surface area contributed by atoms with Gasteiger partial charge < -0.3 is 10.4 Å².